The Bertz CT molecular complexity index is 725. The fourth-order valence-electron chi connectivity index (χ4n) is 3.45. The Morgan fingerprint density at radius 3 is 2.28 bits per heavy atom. The zero-order valence-electron chi connectivity index (χ0n) is 14.7. The van der Waals surface area contributed by atoms with E-state index in [1.54, 1.807) is 14.2 Å². The van der Waals surface area contributed by atoms with Crippen LogP contribution >= 0.6 is 12.2 Å². The van der Waals surface area contributed by atoms with Gasteiger partial charge in [-0.1, -0.05) is 31.0 Å². The van der Waals surface area contributed by atoms with Gasteiger partial charge in [-0.3, -0.25) is 0 Å². The smallest absolute Gasteiger partial charge is 0.171 e. The van der Waals surface area contributed by atoms with Crippen LogP contribution in [0, 0.1) is 0 Å². The molecular formula is C20H24N2O2S. The van der Waals surface area contributed by atoms with Crippen molar-refractivity contribution >= 4 is 23.0 Å². The summed E-state index contributed by atoms with van der Waals surface area (Å²) in [5, 5.41) is 7.48. The molecule has 0 aromatic heterocycles. The van der Waals surface area contributed by atoms with E-state index in [1.807, 2.05) is 36.4 Å². The van der Waals surface area contributed by atoms with Gasteiger partial charge in [-0.05, 0) is 54.9 Å². The Hall–Kier alpha value is -2.27. The molecule has 1 saturated carbocycles. The number of nitrogens with one attached hydrogen (secondary N) is 2. The van der Waals surface area contributed by atoms with Crippen molar-refractivity contribution in [3.05, 3.63) is 54.1 Å². The van der Waals surface area contributed by atoms with Crippen LogP contribution in [0.4, 0.5) is 5.69 Å². The minimum atomic E-state index is -0.116. The number of ether oxygens (including phenoxy) is 2. The van der Waals surface area contributed by atoms with Crippen LogP contribution in [-0.4, -0.2) is 19.3 Å². The Balaban J connectivity index is 1.75. The van der Waals surface area contributed by atoms with E-state index in [4.69, 9.17) is 21.7 Å². The molecule has 0 heterocycles. The molecule has 0 aliphatic heterocycles. The highest BCUT2D eigenvalue weighted by Gasteiger charge is 2.36. The molecule has 2 N–H and O–H groups in total. The van der Waals surface area contributed by atoms with Crippen LogP contribution in [0.15, 0.2) is 48.5 Å². The van der Waals surface area contributed by atoms with Crippen molar-refractivity contribution in [3.8, 4) is 11.5 Å². The maximum atomic E-state index is 5.58. The first kappa shape index (κ1) is 17.5. The molecule has 0 amide bonds. The maximum Gasteiger partial charge on any atom is 0.171 e. The van der Waals surface area contributed by atoms with Gasteiger partial charge in [0.05, 0.1) is 19.8 Å². The number of anilines is 1. The quantitative estimate of drug-likeness (QED) is 0.774. The lowest BCUT2D eigenvalue weighted by Crippen LogP contribution is -2.45. The first-order valence-corrected chi connectivity index (χ1v) is 8.94. The standard InChI is InChI=1S/C20H24N2O2S/c1-23-17-10-8-15(9-11-17)20(12-3-4-13-20)22-19(25)21-16-6-5-7-18(14-16)24-2/h5-11,14H,3-4,12-13H2,1-2H3,(H2,21,22,25). The molecule has 5 heteroatoms. The lowest BCUT2D eigenvalue weighted by atomic mass is 9.88. The molecule has 0 spiro atoms. The largest absolute Gasteiger partial charge is 0.497 e. The van der Waals surface area contributed by atoms with E-state index in [2.05, 4.69) is 22.8 Å². The fourth-order valence-corrected chi connectivity index (χ4v) is 3.77. The van der Waals surface area contributed by atoms with Crippen molar-refractivity contribution in [2.75, 3.05) is 19.5 Å². The van der Waals surface area contributed by atoms with Crippen molar-refractivity contribution in [2.24, 2.45) is 0 Å². The SMILES string of the molecule is COc1ccc(C2(NC(=S)Nc3cccc(OC)c3)CCCC2)cc1. The number of methoxy groups -OCH3 is 2. The van der Waals surface area contributed by atoms with Crippen LogP contribution in [0.2, 0.25) is 0 Å². The summed E-state index contributed by atoms with van der Waals surface area (Å²) < 4.78 is 10.5. The fraction of sp³-hybridized carbons (Fsp3) is 0.350. The second kappa shape index (κ2) is 7.74. The first-order chi connectivity index (χ1) is 12.1. The molecule has 1 fully saturated rings. The van der Waals surface area contributed by atoms with Crippen LogP contribution in [-0.2, 0) is 5.54 Å². The average Bonchev–Trinajstić information content (AvgIpc) is 3.11. The van der Waals surface area contributed by atoms with E-state index < -0.39 is 0 Å². The van der Waals surface area contributed by atoms with Gasteiger partial charge >= 0.3 is 0 Å². The third-order valence-electron chi connectivity index (χ3n) is 4.78. The summed E-state index contributed by atoms with van der Waals surface area (Å²) >= 11 is 5.58. The predicted octanol–water partition coefficient (Wildman–Crippen LogP) is 4.46. The maximum absolute atomic E-state index is 5.58. The number of hydrogen-bond donors (Lipinski definition) is 2. The first-order valence-electron chi connectivity index (χ1n) is 8.53. The van der Waals surface area contributed by atoms with Gasteiger partial charge in [0.25, 0.3) is 0 Å². The highest BCUT2D eigenvalue weighted by molar-refractivity contribution is 7.80. The Labute approximate surface area is 154 Å². The summed E-state index contributed by atoms with van der Waals surface area (Å²) in [5.74, 6) is 1.67. The molecule has 0 bridgehead atoms. The van der Waals surface area contributed by atoms with Gasteiger partial charge in [0.2, 0.25) is 0 Å². The van der Waals surface area contributed by atoms with E-state index in [9.17, 15) is 0 Å². The summed E-state index contributed by atoms with van der Waals surface area (Å²) in [7, 11) is 3.35. The summed E-state index contributed by atoms with van der Waals surface area (Å²) in [4.78, 5) is 0. The van der Waals surface area contributed by atoms with Crippen LogP contribution in [0.25, 0.3) is 0 Å². The number of thiocarbonyl (C=S) groups is 1. The van der Waals surface area contributed by atoms with Gasteiger partial charge in [0, 0.05) is 11.8 Å². The third kappa shape index (κ3) is 4.04. The van der Waals surface area contributed by atoms with E-state index >= 15 is 0 Å². The molecule has 132 valence electrons. The van der Waals surface area contributed by atoms with Crippen LogP contribution in [0.5, 0.6) is 11.5 Å². The zero-order valence-corrected chi connectivity index (χ0v) is 15.5. The minimum absolute atomic E-state index is 0.116. The monoisotopic (exact) mass is 356 g/mol. The van der Waals surface area contributed by atoms with Crippen LogP contribution in [0.1, 0.15) is 31.2 Å². The zero-order chi connectivity index (χ0) is 17.7. The molecule has 2 aromatic carbocycles. The Morgan fingerprint density at radius 2 is 1.64 bits per heavy atom. The number of hydrogen-bond acceptors (Lipinski definition) is 3. The summed E-state index contributed by atoms with van der Waals surface area (Å²) in [6.07, 6.45) is 4.53. The van der Waals surface area contributed by atoms with Crippen molar-refractivity contribution in [2.45, 2.75) is 31.2 Å². The minimum Gasteiger partial charge on any atom is -0.497 e. The molecular weight excluding hydrogens is 332 g/mol. The Morgan fingerprint density at radius 1 is 0.960 bits per heavy atom. The van der Waals surface area contributed by atoms with Gasteiger partial charge in [0.15, 0.2) is 5.11 Å². The molecule has 3 rings (SSSR count). The van der Waals surface area contributed by atoms with Crippen molar-refractivity contribution in [1.29, 1.82) is 0 Å². The number of benzene rings is 2. The molecule has 0 radical (unpaired) electrons. The topological polar surface area (TPSA) is 42.5 Å². The van der Waals surface area contributed by atoms with Gasteiger partial charge in [-0.2, -0.15) is 0 Å². The van der Waals surface area contributed by atoms with E-state index in [0.717, 1.165) is 30.0 Å². The summed E-state index contributed by atoms with van der Waals surface area (Å²) in [6.45, 7) is 0. The third-order valence-corrected chi connectivity index (χ3v) is 4.98. The van der Waals surface area contributed by atoms with Crippen molar-refractivity contribution in [3.63, 3.8) is 0 Å². The molecule has 1 aliphatic rings. The van der Waals surface area contributed by atoms with Gasteiger partial charge in [-0.15, -0.1) is 0 Å². The normalized spacial score (nSPS) is 15.4. The predicted molar refractivity (Wildman–Crippen MR) is 105 cm³/mol. The van der Waals surface area contributed by atoms with Crippen molar-refractivity contribution in [1.82, 2.24) is 5.32 Å². The average molecular weight is 356 g/mol. The molecule has 2 aromatic rings. The van der Waals surface area contributed by atoms with Crippen molar-refractivity contribution < 1.29 is 9.47 Å². The molecule has 0 atom stereocenters. The molecule has 0 saturated heterocycles. The molecule has 25 heavy (non-hydrogen) atoms. The van der Waals surface area contributed by atoms with E-state index in [0.29, 0.717) is 5.11 Å². The summed E-state index contributed by atoms with van der Waals surface area (Å²) in [5.41, 5.74) is 2.05. The van der Waals surface area contributed by atoms with E-state index in [-0.39, 0.29) is 5.54 Å². The van der Waals surface area contributed by atoms with Gasteiger partial charge in [0.1, 0.15) is 11.5 Å². The summed E-state index contributed by atoms with van der Waals surface area (Å²) in [6, 6.07) is 16.0. The highest BCUT2D eigenvalue weighted by atomic mass is 32.1. The lowest BCUT2D eigenvalue weighted by Gasteiger charge is -2.32. The lowest BCUT2D eigenvalue weighted by molar-refractivity contribution is 0.401. The van der Waals surface area contributed by atoms with Crippen LogP contribution < -0.4 is 20.1 Å². The molecule has 0 unspecified atom stereocenters. The molecule has 4 nitrogen and oxygen atoms in total. The molecule has 1 aliphatic carbocycles. The second-order valence-electron chi connectivity index (χ2n) is 6.33. The Kier molecular flexibility index (Phi) is 5.43. The van der Waals surface area contributed by atoms with Gasteiger partial charge < -0.3 is 20.1 Å². The van der Waals surface area contributed by atoms with Crippen LogP contribution in [0.3, 0.4) is 0 Å². The van der Waals surface area contributed by atoms with E-state index in [1.165, 1.54) is 18.4 Å². The highest BCUT2D eigenvalue weighted by Crippen LogP contribution is 2.39. The van der Waals surface area contributed by atoms with Gasteiger partial charge in [-0.25, -0.2) is 0 Å². The number of rotatable bonds is 5. The second-order valence-corrected chi connectivity index (χ2v) is 6.74.